The third-order valence-electron chi connectivity index (χ3n) is 5.03. The topological polar surface area (TPSA) is 80.3 Å². The zero-order valence-corrected chi connectivity index (χ0v) is 18.8. The first-order chi connectivity index (χ1) is 16.2. The van der Waals surface area contributed by atoms with Crippen molar-refractivity contribution in [3.8, 4) is 5.75 Å². The smallest absolute Gasteiger partial charge is 0.258 e. The third kappa shape index (κ3) is 4.82. The number of carbonyl (C=O) groups is 2. The number of fused-ring (bicyclic) bond motifs is 1. The Bertz CT molecular complexity index is 1440. The van der Waals surface area contributed by atoms with Crippen LogP contribution in [-0.2, 0) is 0 Å². The number of hydrogen-bond acceptors (Lipinski definition) is 4. The molecule has 6 nitrogen and oxygen atoms in total. The van der Waals surface area contributed by atoms with Gasteiger partial charge in [-0.15, -0.1) is 0 Å². The summed E-state index contributed by atoms with van der Waals surface area (Å²) in [6.07, 6.45) is 0. The minimum atomic E-state index is -0.773. The first-order valence-electron chi connectivity index (χ1n) is 10.1. The highest BCUT2D eigenvalue weighted by Crippen LogP contribution is 2.30. The minimum Gasteiger partial charge on any atom is -0.495 e. The minimum absolute atomic E-state index is 0.165. The van der Waals surface area contributed by atoms with Crippen LogP contribution in [0, 0.1) is 18.6 Å². The van der Waals surface area contributed by atoms with Gasteiger partial charge in [0.25, 0.3) is 11.8 Å². The number of carbonyl (C=O) groups excluding carboxylic acids is 2. The molecular formula is C25H18ClF2N3O3. The Balaban J connectivity index is 1.63. The lowest BCUT2D eigenvalue weighted by atomic mass is 10.1. The van der Waals surface area contributed by atoms with Gasteiger partial charge < -0.3 is 15.4 Å². The molecule has 0 unspecified atom stereocenters. The molecule has 4 rings (SSSR count). The van der Waals surface area contributed by atoms with Gasteiger partial charge in [0.15, 0.2) is 0 Å². The average Bonchev–Trinajstić information content (AvgIpc) is 2.78. The molecule has 0 bridgehead atoms. The van der Waals surface area contributed by atoms with E-state index in [0.717, 1.165) is 6.07 Å². The van der Waals surface area contributed by atoms with E-state index in [1.54, 1.807) is 25.1 Å². The van der Waals surface area contributed by atoms with Gasteiger partial charge in [0.2, 0.25) is 0 Å². The molecule has 0 saturated carbocycles. The third-order valence-corrected chi connectivity index (χ3v) is 5.26. The van der Waals surface area contributed by atoms with E-state index >= 15 is 0 Å². The van der Waals surface area contributed by atoms with Gasteiger partial charge in [0.1, 0.15) is 17.4 Å². The molecule has 0 fully saturated rings. The van der Waals surface area contributed by atoms with Gasteiger partial charge in [-0.05, 0) is 61.5 Å². The Morgan fingerprint density at radius 3 is 2.41 bits per heavy atom. The number of rotatable bonds is 5. The van der Waals surface area contributed by atoms with E-state index in [9.17, 15) is 18.4 Å². The van der Waals surface area contributed by atoms with Crippen LogP contribution in [0.1, 0.15) is 26.4 Å². The molecule has 2 amide bonds. The monoisotopic (exact) mass is 481 g/mol. The van der Waals surface area contributed by atoms with Gasteiger partial charge >= 0.3 is 0 Å². The van der Waals surface area contributed by atoms with Gasteiger partial charge in [-0.1, -0.05) is 11.6 Å². The first-order valence-corrected chi connectivity index (χ1v) is 10.5. The van der Waals surface area contributed by atoms with Crippen molar-refractivity contribution >= 4 is 45.7 Å². The fourth-order valence-electron chi connectivity index (χ4n) is 3.47. The number of nitrogens with one attached hydrogen (secondary N) is 2. The summed E-state index contributed by atoms with van der Waals surface area (Å²) in [5.41, 5.74) is 1.59. The van der Waals surface area contributed by atoms with Crippen molar-refractivity contribution in [3.63, 3.8) is 0 Å². The first kappa shape index (κ1) is 23.1. The molecule has 0 saturated heterocycles. The Labute approximate surface area is 198 Å². The standard InChI is InChI=1S/C25H18ClF2N3O3/c1-13-9-19(17-7-4-15(27)11-21(17)29-13)25(33)30-16-5-8-23(34-2)22(12-16)31-24(32)18-6-3-14(26)10-20(18)28/h3-12H,1-2H3,(H,30,33)(H,31,32). The van der Waals surface area contributed by atoms with Crippen LogP contribution in [0.25, 0.3) is 10.9 Å². The molecule has 1 heterocycles. The van der Waals surface area contributed by atoms with Crippen LogP contribution >= 0.6 is 11.6 Å². The highest BCUT2D eigenvalue weighted by Gasteiger charge is 2.17. The number of ether oxygens (including phenoxy) is 1. The maximum atomic E-state index is 14.1. The van der Waals surface area contributed by atoms with Crippen LogP contribution in [0.4, 0.5) is 20.2 Å². The second-order valence-corrected chi connectivity index (χ2v) is 7.86. The van der Waals surface area contributed by atoms with Crippen molar-refractivity contribution in [1.29, 1.82) is 0 Å². The summed E-state index contributed by atoms with van der Waals surface area (Å²) >= 11 is 5.75. The SMILES string of the molecule is COc1ccc(NC(=O)c2cc(C)nc3cc(F)ccc23)cc1NC(=O)c1ccc(Cl)cc1F. The lowest BCUT2D eigenvalue weighted by Crippen LogP contribution is -2.16. The number of nitrogens with zero attached hydrogens (tertiary/aromatic N) is 1. The molecule has 0 atom stereocenters. The molecule has 0 spiro atoms. The Kier molecular flexibility index (Phi) is 6.43. The maximum absolute atomic E-state index is 14.1. The molecular weight excluding hydrogens is 464 g/mol. The highest BCUT2D eigenvalue weighted by atomic mass is 35.5. The van der Waals surface area contributed by atoms with Gasteiger partial charge in [0.05, 0.1) is 29.4 Å². The number of aryl methyl sites for hydroxylation is 1. The van der Waals surface area contributed by atoms with Crippen LogP contribution in [0.3, 0.4) is 0 Å². The second-order valence-electron chi connectivity index (χ2n) is 7.42. The molecule has 3 aromatic carbocycles. The molecule has 0 radical (unpaired) electrons. The van der Waals surface area contributed by atoms with E-state index in [2.05, 4.69) is 15.6 Å². The number of amides is 2. The lowest BCUT2D eigenvalue weighted by molar-refractivity contribution is 0.101. The predicted molar refractivity (Wildman–Crippen MR) is 127 cm³/mol. The van der Waals surface area contributed by atoms with E-state index < -0.39 is 23.4 Å². The van der Waals surface area contributed by atoms with Crippen LogP contribution in [0.2, 0.25) is 5.02 Å². The van der Waals surface area contributed by atoms with Crippen molar-refractivity contribution in [2.24, 2.45) is 0 Å². The quantitative estimate of drug-likeness (QED) is 0.367. The molecule has 9 heteroatoms. The fraction of sp³-hybridized carbons (Fsp3) is 0.0800. The average molecular weight is 482 g/mol. The number of methoxy groups -OCH3 is 1. The van der Waals surface area contributed by atoms with Crippen molar-refractivity contribution in [2.45, 2.75) is 6.92 Å². The van der Waals surface area contributed by atoms with Gasteiger partial charge in [-0.25, -0.2) is 8.78 Å². The van der Waals surface area contributed by atoms with Crippen LogP contribution in [-0.4, -0.2) is 23.9 Å². The molecule has 172 valence electrons. The van der Waals surface area contributed by atoms with E-state index in [1.807, 2.05) is 0 Å². The Morgan fingerprint density at radius 2 is 1.68 bits per heavy atom. The van der Waals surface area contributed by atoms with Crippen molar-refractivity contribution in [1.82, 2.24) is 4.98 Å². The summed E-state index contributed by atoms with van der Waals surface area (Å²) in [4.78, 5) is 29.9. The molecule has 34 heavy (non-hydrogen) atoms. The van der Waals surface area contributed by atoms with Crippen molar-refractivity contribution < 1.29 is 23.1 Å². The van der Waals surface area contributed by atoms with Gasteiger partial charge in [-0.3, -0.25) is 14.6 Å². The maximum Gasteiger partial charge on any atom is 0.258 e. The highest BCUT2D eigenvalue weighted by molar-refractivity contribution is 6.30. The largest absolute Gasteiger partial charge is 0.495 e. The molecule has 0 aliphatic rings. The summed E-state index contributed by atoms with van der Waals surface area (Å²) in [5, 5.41) is 6.00. The van der Waals surface area contributed by atoms with Crippen LogP contribution in [0.5, 0.6) is 5.75 Å². The Morgan fingerprint density at radius 1 is 0.912 bits per heavy atom. The van der Waals surface area contributed by atoms with Crippen molar-refractivity contribution in [2.75, 3.05) is 17.7 Å². The number of benzene rings is 3. The van der Waals surface area contributed by atoms with Gasteiger partial charge in [-0.2, -0.15) is 0 Å². The van der Waals surface area contributed by atoms with E-state index in [-0.39, 0.29) is 16.3 Å². The summed E-state index contributed by atoms with van der Waals surface area (Å²) in [5.74, 6) is -2.09. The molecule has 0 aliphatic carbocycles. The number of halogens is 3. The van der Waals surface area contributed by atoms with E-state index in [1.165, 1.54) is 43.5 Å². The van der Waals surface area contributed by atoms with Crippen molar-refractivity contribution in [3.05, 3.63) is 94.1 Å². The summed E-state index contributed by atoms with van der Waals surface area (Å²) < 4.78 is 33.0. The summed E-state index contributed by atoms with van der Waals surface area (Å²) in [6, 6.07) is 13.9. The fourth-order valence-corrected chi connectivity index (χ4v) is 3.63. The normalized spacial score (nSPS) is 10.7. The predicted octanol–water partition coefficient (Wildman–Crippen LogP) is 5.99. The summed E-state index contributed by atoms with van der Waals surface area (Å²) in [6.45, 7) is 1.71. The van der Waals surface area contributed by atoms with Crippen LogP contribution in [0.15, 0.2) is 60.7 Å². The summed E-state index contributed by atoms with van der Waals surface area (Å²) in [7, 11) is 1.41. The molecule has 2 N–H and O–H groups in total. The lowest BCUT2D eigenvalue weighted by Gasteiger charge is -2.14. The zero-order chi connectivity index (χ0) is 24.4. The number of aromatic nitrogens is 1. The van der Waals surface area contributed by atoms with Gasteiger partial charge in [0, 0.05) is 27.9 Å². The second kappa shape index (κ2) is 9.44. The van der Waals surface area contributed by atoms with Crippen LogP contribution < -0.4 is 15.4 Å². The molecule has 4 aromatic rings. The molecule has 0 aliphatic heterocycles. The number of pyridine rings is 1. The van der Waals surface area contributed by atoms with E-state index in [0.29, 0.717) is 33.6 Å². The van der Waals surface area contributed by atoms with E-state index in [4.69, 9.17) is 16.3 Å². The number of anilines is 2. The Hall–Kier alpha value is -4.04. The molecule has 1 aromatic heterocycles. The zero-order valence-electron chi connectivity index (χ0n) is 18.1. The number of hydrogen-bond donors (Lipinski definition) is 2.